The number of benzene rings is 1. The monoisotopic (exact) mass is 322 g/mol. The number of nitrogens with two attached hydrogens (primary N) is 1. The summed E-state index contributed by atoms with van der Waals surface area (Å²) in [4.78, 5) is 34.9. The first-order valence-electron chi connectivity index (χ1n) is 7.37. The lowest BCUT2D eigenvalue weighted by Gasteiger charge is -2.23. The lowest BCUT2D eigenvalue weighted by molar-refractivity contribution is -0.165. The Hall–Kier alpha value is -2.57. The number of carbonyl (C=O) groups is 3. The van der Waals surface area contributed by atoms with Gasteiger partial charge in [0.2, 0.25) is 0 Å². The molecule has 0 unspecified atom stereocenters. The van der Waals surface area contributed by atoms with E-state index in [0.29, 0.717) is 12.2 Å². The number of amides is 3. The van der Waals surface area contributed by atoms with Crippen LogP contribution >= 0.6 is 0 Å². The zero-order chi connectivity index (χ0) is 17.4. The summed E-state index contributed by atoms with van der Waals surface area (Å²) < 4.78 is 10.8. The van der Waals surface area contributed by atoms with Crippen molar-refractivity contribution in [3.8, 4) is 5.75 Å². The van der Waals surface area contributed by atoms with Gasteiger partial charge in [0.25, 0.3) is 5.91 Å². The van der Waals surface area contributed by atoms with Crippen molar-refractivity contribution in [2.75, 3.05) is 0 Å². The van der Waals surface area contributed by atoms with Crippen LogP contribution in [0.4, 0.5) is 4.79 Å². The lowest BCUT2D eigenvalue weighted by atomic mass is 10.1. The zero-order valence-electron chi connectivity index (χ0n) is 13.4. The van der Waals surface area contributed by atoms with Gasteiger partial charge in [-0.1, -0.05) is 39.0 Å². The van der Waals surface area contributed by atoms with Crippen LogP contribution in [-0.4, -0.2) is 30.1 Å². The van der Waals surface area contributed by atoms with Crippen LogP contribution < -0.4 is 15.8 Å². The Balaban J connectivity index is 2.75. The van der Waals surface area contributed by atoms with Crippen molar-refractivity contribution in [2.24, 2.45) is 11.7 Å². The molecule has 3 amide bonds. The predicted molar refractivity (Wildman–Crippen MR) is 83.6 cm³/mol. The van der Waals surface area contributed by atoms with E-state index in [1.54, 1.807) is 45.0 Å². The van der Waals surface area contributed by atoms with Crippen molar-refractivity contribution in [2.45, 2.75) is 39.4 Å². The Morgan fingerprint density at radius 3 is 2.26 bits per heavy atom. The molecule has 0 spiro atoms. The second-order valence-corrected chi connectivity index (χ2v) is 5.28. The molecule has 0 bridgehead atoms. The minimum atomic E-state index is -1.12. The van der Waals surface area contributed by atoms with Gasteiger partial charge >= 0.3 is 12.0 Å². The Morgan fingerprint density at radius 2 is 1.78 bits per heavy atom. The summed E-state index contributed by atoms with van der Waals surface area (Å²) >= 11 is 0. The summed E-state index contributed by atoms with van der Waals surface area (Å²) in [6.45, 7) is 5.15. The van der Waals surface area contributed by atoms with E-state index in [0.717, 1.165) is 0 Å². The normalized spacial score (nSPS) is 13.0. The number of ether oxygens (including phenoxy) is 2. The first kappa shape index (κ1) is 18.5. The molecule has 0 fully saturated rings. The molecule has 0 aliphatic rings. The van der Waals surface area contributed by atoms with E-state index in [2.05, 4.69) is 0 Å². The molecule has 0 aromatic heterocycles. The van der Waals surface area contributed by atoms with Crippen molar-refractivity contribution in [1.82, 2.24) is 5.32 Å². The van der Waals surface area contributed by atoms with E-state index in [9.17, 15) is 14.4 Å². The maximum Gasteiger partial charge on any atom is 0.348 e. The number of hydrogen-bond acceptors (Lipinski definition) is 5. The highest BCUT2D eigenvalue weighted by Gasteiger charge is 2.31. The highest BCUT2D eigenvalue weighted by molar-refractivity contribution is 5.96. The van der Waals surface area contributed by atoms with Crippen LogP contribution in [0.25, 0.3) is 0 Å². The third-order valence-corrected chi connectivity index (χ3v) is 3.01. The Kier molecular flexibility index (Phi) is 7.05. The molecule has 0 aliphatic carbocycles. The van der Waals surface area contributed by atoms with E-state index in [1.807, 2.05) is 11.4 Å². The topological polar surface area (TPSA) is 108 Å². The molecule has 23 heavy (non-hydrogen) atoms. The number of para-hydroxylation sites is 1. The van der Waals surface area contributed by atoms with Gasteiger partial charge in [0.1, 0.15) is 5.75 Å². The maximum absolute atomic E-state index is 12.2. The fourth-order valence-electron chi connectivity index (χ4n) is 1.85. The van der Waals surface area contributed by atoms with Crippen molar-refractivity contribution < 1.29 is 23.9 Å². The number of carbonyl (C=O) groups excluding carboxylic acids is 3. The molecule has 7 nitrogen and oxygen atoms in total. The number of hydrogen-bond donors (Lipinski definition) is 2. The highest BCUT2D eigenvalue weighted by atomic mass is 16.6. The van der Waals surface area contributed by atoms with E-state index in [4.69, 9.17) is 15.2 Å². The van der Waals surface area contributed by atoms with Crippen LogP contribution in [0.15, 0.2) is 30.3 Å². The van der Waals surface area contributed by atoms with Gasteiger partial charge in [-0.05, 0) is 24.5 Å². The fourth-order valence-corrected chi connectivity index (χ4v) is 1.85. The molecular formula is C16H22N2O5. The van der Waals surface area contributed by atoms with E-state index >= 15 is 0 Å². The first-order valence-corrected chi connectivity index (χ1v) is 7.37. The van der Waals surface area contributed by atoms with E-state index in [-0.39, 0.29) is 5.92 Å². The Labute approximate surface area is 135 Å². The van der Waals surface area contributed by atoms with Gasteiger partial charge in [-0.15, -0.1) is 0 Å². The molecule has 0 saturated heterocycles. The number of primary amides is 1. The van der Waals surface area contributed by atoms with Crippen LogP contribution in [0.3, 0.4) is 0 Å². The number of rotatable bonds is 7. The smallest absolute Gasteiger partial charge is 0.348 e. The molecule has 0 radical (unpaired) electrons. The third kappa shape index (κ3) is 5.98. The van der Waals surface area contributed by atoms with Gasteiger partial charge in [-0.3, -0.25) is 10.1 Å². The van der Waals surface area contributed by atoms with Crippen LogP contribution in [-0.2, 0) is 14.3 Å². The zero-order valence-corrected chi connectivity index (χ0v) is 13.4. The van der Waals surface area contributed by atoms with Crippen molar-refractivity contribution in [3.05, 3.63) is 30.3 Å². The van der Waals surface area contributed by atoms with Gasteiger partial charge in [0, 0.05) is 0 Å². The van der Waals surface area contributed by atoms with Gasteiger partial charge in [-0.25, -0.2) is 9.59 Å². The largest absolute Gasteiger partial charge is 0.479 e. The molecule has 3 N–H and O–H groups in total. The van der Waals surface area contributed by atoms with Crippen molar-refractivity contribution >= 4 is 17.9 Å². The van der Waals surface area contributed by atoms with Gasteiger partial charge in [0.05, 0.1) is 0 Å². The Morgan fingerprint density at radius 1 is 1.17 bits per heavy atom. The van der Waals surface area contributed by atoms with Crippen molar-refractivity contribution in [1.29, 1.82) is 0 Å². The number of nitrogens with one attached hydrogen (secondary N) is 1. The number of imide groups is 1. The fraction of sp³-hybridized carbons (Fsp3) is 0.438. The SMILES string of the molecule is CC[C@@H](Oc1ccccc1)C(=O)O[C@@H](C(=O)NC(N)=O)C(C)C. The highest BCUT2D eigenvalue weighted by Crippen LogP contribution is 2.15. The van der Waals surface area contributed by atoms with Crippen LogP contribution in [0.2, 0.25) is 0 Å². The summed E-state index contributed by atoms with van der Waals surface area (Å²) in [6, 6.07) is 7.83. The minimum absolute atomic E-state index is 0.326. The number of urea groups is 1. The summed E-state index contributed by atoms with van der Waals surface area (Å²) in [7, 11) is 0. The minimum Gasteiger partial charge on any atom is -0.479 e. The summed E-state index contributed by atoms with van der Waals surface area (Å²) in [6.07, 6.45) is -1.60. The molecule has 0 aliphatic heterocycles. The lowest BCUT2D eigenvalue weighted by Crippen LogP contribution is -2.47. The van der Waals surface area contributed by atoms with Crippen LogP contribution in [0, 0.1) is 5.92 Å². The first-order chi connectivity index (χ1) is 10.8. The van der Waals surface area contributed by atoms with Gasteiger partial charge in [-0.2, -0.15) is 0 Å². The summed E-state index contributed by atoms with van der Waals surface area (Å²) in [5, 5.41) is 1.92. The van der Waals surface area contributed by atoms with Crippen LogP contribution in [0.5, 0.6) is 5.75 Å². The molecular weight excluding hydrogens is 300 g/mol. The molecule has 2 atom stereocenters. The second kappa shape index (κ2) is 8.77. The van der Waals surface area contributed by atoms with Crippen molar-refractivity contribution in [3.63, 3.8) is 0 Å². The van der Waals surface area contributed by atoms with Crippen LogP contribution in [0.1, 0.15) is 27.2 Å². The average Bonchev–Trinajstić information content (AvgIpc) is 2.49. The van der Waals surface area contributed by atoms with Gasteiger partial charge in [0.15, 0.2) is 12.2 Å². The molecule has 126 valence electrons. The quantitative estimate of drug-likeness (QED) is 0.741. The average molecular weight is 322 g/mol. The van der Waals surface area contributed by atoms with Gasteiger partial charge < -0.3 is 15.2 Å². The Bertz CT molecular complexity index is 545. The molecule has 1 rings (SSSR count). The van der Waals surface area contributed by atoms with E-state index in [1.165, 1.54) is 0 Å². The standard InChI is InChI=1S/C16H22N2O5/c1-4-12(22-11-8-6-5-7-9-11)15(20)23-13(10(2)3)14(19)18-16(17)21/h5-10,12-13H,4H2,1-3H3,(H3,17,18,19,21)/t12-,13-/m1/s1. The third-order valence-electron chi connectivity index (χ3n) is 3.01. The molecule has 7 heteroatoms. The van der Waals surface area contributed by atoms with E-state index < -0.39 is 30.1 Å². The summed E-state index contributed by atoms with van der Waals surface area (Å²) in [5.41, 5.74) is 4.91. The molecule has 1 aromatic carbocycles. The number of esters is 1. The molecule has 0 saturated carbocycles. The predicted octanol–water partition coefficient (Wildman–Crippen LogP) is 1.61. The molecule has 1 aromatic rings. The summed E-state index contributed by atoms with van der Waals surface area (Å²) in [5.74, 6) is -1.23. The molecule has 0 heterocycles. The maximum atomic E-state index is 12.2. The second-order valence-electron chi connectivity index (χ2n) is 5.28.